The van der Waals surface area contributed by atoms with Crippen LogP contribution in [0, 0.1) is 0 Å². The van der Waals surface area contributed by atoms with Gasteiger partial charge in [0.15, 0.2) is 0 Å². The second-order valence-corrected chi connectivity index (χ2v) is 1.44. The normalized spacial score (nSPS) is 7.75. The molecule has 0 rings (SSSR count). The fourth-order valence-electron chi connectivity index (χ4n) is 0.177. The Kier molecular flexibility index (Phi) is 2.69. The number of hydrogen-bond acceptors (Lipinski definition) is 2. The molecule has 0 aromatic carbocycles. The van der Waals surface area contributed by atoms with Crippen molar-refractivity contribution >= 4 is 6.09 Å². The van der Waals surface area contributed by atoms with Gasteiger partial charge >= 0.3 is 6.09 Å². The standard InChI is InChI=1S/C5H9NO2/c1-4-8-5(7)6(2)3/h4H,1H2,2-3H3. The molecular weight excluding hydrogens is 106 g/mol. The van der Waals surface area contributed by atoms with E-state index in [2.05, 4.69) is 11.3 Å². The molecule has 46 valence electrons. The zero-order valence-electron chi connectivity index (χ0n) is 5.05. The van der Waals surface area contributed by atoms with Crippen LogP contribution in [-0.2, 0) is 4.74 Å². The lowest BCUT2D eigenvalue weighted by Crippen LogP contribution is -2.20. The average molecular weight is 115 g/mol. The summed E-state index contributed by atoms with van der Waals surface area (Å²) in [7, 11) is 3.21. The van der Waals surface area contributed by atoms with Gasteiger partial charge in [0.1, 0.15) is 0 Å². The molecule has 0 fully saturated rings. The minimum atomic E-state index is -0.403. The van der Waals surface area contributed by atoms with E-state index in [4.69, 9.17) is 0 Å². The minimum absolute atomic E-state index is 0.403. The Balaban J connectivity index is 3.48. The van der Waals surface area contributed by atoms with Gasteiger partial charge in [0, 0.05) is 14.1 Å². The lowest BCUT2D eigenvalue weighted by atomic mass is 10.9. The highest BCUT2D eigenvalue weighted by Crippen LogP contribution is 1.83. The maximum Gasteiger partial charge on any atom is 0.414 e. The van der Waals surface area contributed by atoms with Crippen LogP contribution in [0.2, 0.25) is 0 Å². The molecule has 0 saturated heterocycles. The molecule has 0 aliphatic heterocycles. The Labute approximate surface area is 48.5 Å². The molecule has 0 aliphatic rings. The second kappa shape index (κ2) is 3.07. The Bertz CT molecular complexity index is 98.6. The summed E-state index contributed by atoms with van der Waals surface area (Å²) in [5.74, 6) is 0. The Morgan fingerprint density at radius 3 is 2.38 bits per heavy atom. The third-order valence-corrected chi connectivity index (χ3v) is 0.549. The smallest absolute Gasteiger partial charge is 0.414 e. The number of ether oxygens (including phenoxy) is 1. The van der Waals surface area contributed by atoms with Crippen LogP contribution < -0.4 is 0 Å². The van der Waals surface area contributed by atoms with Crippen LogP contribution in [0.15, 0.2) is 12.8 Å². The summed E-state index contributed by atoms with van der Waals surface area (Å²) in [6.45, 7) is 3.21. The van der Waals surface area contributed by atoms with Crippen LogP contribution >= 0.6 is 0 Å². The molecule has 0 spiro atoms. The molecular formula is C5H9NO2. The quantitative estimate of drug-likeness (QED) is 0.474. The SMILES string of the molecule is C=COC(=O)N(C)C. The number of carbonyl (C=O) groups is 1. The molecule has 0 aromatic rings. The zero-order valence-corrected chi connectivity index (χ0v) is 5.05. The molecule has 0 aliphatic carbocycles. The molecule has 0 N–H and O–H groups in total. The van der Waals surface area contributed by atoms with Gasteiger partial charge in [0.05, 0.1) is 6.26 Å². The molecule has 0 bridgehead atoms. The summed E-state index contributed by atoms with van der Waals surface area (Å²) in [5.41, 5.74) is 0. The van der Waals surface area contributed by atoms with E-state index in [1.165, 1.54) is 4.90 Å². The van der Waals surface area contributed by atoms with E-state index in [1.54, 1.807) is 14.1 Å². The van der Waals surface area contributed by atoms with Crippen molar-refractivity contribution in [1.29, 1.82) is 0 Å². The summed E-state index contributed by atoms with van der Waals surface area (Å²) in [6, 6.07) is 0. The Morgan fingerprint density at radius 2 is 2.25 bits per heavy atom. The first-order valence-electron chi connectivity index (χ1n) is 2.17. The first kappa shape index (κ1) is 7.01. The van der Waals surface area contributed by atoms with Crippen molar-refractivity contribution in [2.45, 2.75) is 0 Å². The van der Waals surface area contributed by atoms with Gasteiger partial charge in [0.25, 0.3) is 0 Å². The average Bonchev–Trinajstić information content (AvgIpc) is 1.67. The van der Waals surface area contributed by atoms with Crippen molar-refractivity contribution in [2.75, 3.05) is 14.1 Å². The van der Waals surface area contributed by atoms with Gasteiger partial charge in [-0.25, -0.2) is 4.79 Å². The van der Waals surface area contributed by atoms with Gasteiger partial charge in [0.2, 0.25) is 0 Å². The highest BCUT2D eigenvalue weighted by molar-refractivity contribution is 5.67. The number of hydrogen-bond donors (Lipinski definition) is 0. The molecule has 0 aromatic heterocycles. The summed E-state index contributed by atoms with van der Waals surface area (Å²) in [5, 5.41) is 0. The molecule has 0 unspecified atom stereocenters. The Hall–Kier alpha value is -0.990. The van der Waals surface area contributed by atoms with Crippen molar-refractivity contribution in [3.63, 3.8) is 0 Å². The predicted octanol–water partition coefficient (Wildman–Crippen LogP) is 0.828. The van der Waals surface area contributed by atoms with Gasteiger partial charge in [-0.1, -0.05) is 6.58 Å². The summed E-state index contributed by atoms with van der Waals surface area (Å²) < 4.78 is 4.35. The molecule has 0 saturated carbocycles. The number of amides is 1. The van der Waals surface area contributed by atoms with Gasteiger partial charge < -0.3 is 9.64 Å². The highest BCUT2D eigenvalue weighted by Gasteiger charge is 1.98. The third kappa shape index (κ3) is 2.23. The first-order chi connectivity index (χ1) is 3.68. The van der Waals surface area contributed by atoms with E-state index in [-0.39, 0.29) is 0 Å². The molecule has 3 nitrogen and oxygen atoms in total. The monoisotopic (exact) mass is 115 g/mol. The summed E-state index contributed by atoms with van der Waals surface area (Å²) >= 11 is 0. The molecule has 8 heavy (non-hydrogen) atoms. The van der Waals surface area contributed by atoms with Gasteiger partial charge in [-0.15, -0.1) is 0 Å². The van der Waals surface area contributed by atoms with E-state index in [0.717, 1.165) is 6.26 Å². The topological polar surface area (TPSA) is 29.5 Å². The lowest BCUT2D eigenvalue weighted by Gasteiger charge is -2.05. The van der Waals surface area contributed by atoms with Crippen LogP contribution in [0.25, 0.3) is 0 Å². The van der Waals surface area contributed by atoms with Gasteiger partial charge in [-0.2, -0.15) is 0 Å². The van der Waals surface area contributed by atoms with Crippen LogP contribution in [0.1, 0.15) is 0 Å². The molecule has 1 amide bonds. The van der Waals surface area contributed by atoms with Crippen molar-refractivity contribution in [3.05, 3.63) is 12.8 Å². The van der Waals surface area contributed by atoms with E-state index in [9.17, 15) is 4.79 Å². The fourth-order valence-corrected chi connectivity index (χ4v) is 0.177. The van der Waals surface area contributed by atoms with Crippen LogP contribution in [-0.4, -0.2) is 25.1 Å². The first-order valence-corrected chi connectivity index (χ1v) is 2.17. The number of nitrogens with zero attached hydrogens (tertiary/aromatic N) is 1. The molecule has 3 heteroatoms. The highest BCUT2D eigenvalue weighted by atomic mass is 16.5. The van der Waals surface area contributed by atoms with Crippen LogP contribution in [0.3, 0.4) is 0 Å². The van der Waals surface area contributed by atoms with Crippen LogP contribution in [0.4, 0.5) is 4.79 Å². The van der Waals surface area contributed by atoms with Gasteiger partial charge in [-0.3, -0.25) is 0 Å². The summed E-state index contributed by atoms with van der Waals surface area (Å²) in [4.78, 5) is 11.7. The van der Waals surface area contributed by atoms with Crippen molar-refractivity contribution in [2.24, 2.45) is 0 Å². The maximum absolute atomic E-state index is 10.4. The van der Waals surface area contributed by atoms with Gasteiger partial charge in [-0.05, 0) is 0 Å². The molecule has 0 heterocycles. The number of rotatable bonds is 1. The number of carbonyl (C=O) groups excluding carboxylic acids is 1. The minimum Gasteiger partial charge on any atom is -0.419 e. The van der Waals surface area contributed by atoms with E-state index >= 15 is 0 Å². The van der Waals surface area contributed by atoms with Crippen LogP contribution in [0.5, 0.6) is 0 Å². The van der Waals surface area contributed by atoms with E-state index < -0.39 is 6.09 Å². The van der Waals surface area contributed by atoms with Crippen molar-refractivity contribution in [3.8, 4) is 0 Å². The van der Waals surface area contributed by atoms with Crippen molar-refractivity contribution < 1.29 is 9.53 Å². The predicted molar refractivity (Wildman–Crippen MR) is 30.4 cm³/mol. The Morgan fingerprint density at radius 1 is 1.75 bits per heavy atom. The lowest BCUT2D eigenvalue weighted by molar-refractivity contribution is 0.156. The zero-order chi connectivity index (χ0) is 6.57. The largest absolute Gasteiger partial charge is 0.419 e. The van der Waals surface area contributed by atoms with E-state index in [1.807, 2.05) is 0 Å². The second-order valence-electron chi connectivity index (χ2n) is 1.44. The fraction of sp³-hybridized carbons (Fsp3) is 0.400. The summed E-state index contributed by atoms with van der Waals surface area (Å²) in [6.07, 6.45) is 0.697. The molecule has 0 atom stereocenters. The van der Waals surface area contributed by atoms with E-state index in [0.29, 0.717) is 0 Å². The van der Waals surface area contributed by atoms with Crippen molar-refractivity contribution in [1.82, 2.24) is 4.90 Å². The molecule has 0 radical (unpaired) electrons. The maximum atomic E-state index is 10.4. The third-order valence-electron chi connectivity index (χ3n) is 0.549.